The molecule has 1 aromatic carbocycles. The summed E-state index contributed by atoms with van der Waals surface area (Å²) in [5.74, 6) is 0.768. The van der Waals surface area contributed by atoms with Gasteiger partial charge in [-0.05, 0) is 30.5 Å². The third-order valence-electron chi connectivity index (χ3n) is 5.25. The average Bonchev–Trinajstić information content (AvgIpc) is 3.03. The molecule has 8 nitrogen and oxygen atoms in total. The van der Waals surface area contributed by atoms with Crippen molar-refractivity contribution in [1.29, 1.82) is 0 Å². The van der Waals surface area contributed by atoms with Crippen LogP contribution in [0.25, 0.3) is 0 Å². The van der Waals surface area contributed by atoms with Gasteiger partial charge in [0.15, 0.2) is 17.2 Å². The summed E-state index contributed by atoms with van der Waals surface area (Å²) in [7, 11) is 2.94. The van der Waals surface area contributed by atoms with E-state index in [2.05, 4.69) is 5.10 Å². The zero-order valence-corrected chi connectivity index (χ0v) is 16.0. The standard InChI is InChI=1S/C20H23N3O5/c1-26-17-6-3-5-13-9-14(12-28-18(13)17)19(24)22-7-4-8-23-15(11-22)10-16(21-23)20(25)27-2/h3,5-6,10,14H,4,7-9,11-12H2,1-2H3/t14-/m1/s1. The van der Waals surface area contributed by atoms with Crippen molar-refractivity contribution < 1.29 is 23.8 Å². The molecule has 0 aliphatic carbocycles. The predicted molar refractivity (Wildman–Crippen MR) is 99.3 cm³/mol. The first-order valence-electron chi connectivity index (χ1n) is 9.33. The monoisotopic (exact) mass is 385 g/mol. The molecule has 2 aromatic rings. The molecule has 0 spiro atoms. The van der Waals surface area contributed by atoms with Gasteiger partial charge in [0.1, 0.15) is 6.61 Å². The molecule has 1 atom stereocenters. The number of rotatable bonds is 3. The SMILES string of the molecule is COC(=O)c1cc2n(n1)CCCN(C(=O)[C@H]1COc3c(cccc3OC)C1)C2. The summed E-state index contributed by atoms with van der Waals surface area (Å²) in [5, 5.41) is 4.30. The lowest BCUT2D eigenvalue weighted by Gasteiger charge is -2.30. The van der Waals surface area contributed by atoms with E-state index in [0.717, 1.165) is 23.4 Å². The largest absolute Gasteiger partial charge is 0.493 e. The van der Waals surface area contributed by atoms with Crippen molar-refractivity contribution >= 4 is 11.9 Å². The number of hydrogen-bond donors (Lipinski definition) is 0. The molecule has 0 N–H and O–H groups in total. The van der Waals surface area contributed by atoms with E-state index in [-0.39, 0.29) is 17.5 Å². The van der Waals surface area contributed by atoms with Crippen molar-refractivity contribution in [1.82, 2.24) is 14.7 Å². The topological polar surface area (TPSA) is 82.9 Å². The second-order valence-electron chi connectivity index (χ2n) is 7.01. The molecule has 2 aliphatic rings. The van der Waals surface area contributed by atoms with Gasteiger partial charge in [0.2, 0.25) is 5.91 Å². The fraction of sp³-hybridized carbons (Fsp3) is 0.450. The highest BCUT2D eigenvalue weighted by atomic mass is 16.5. The summed E-state index contributed by atoms with van der Waals surface area (Å²) in [5.41, 5.74) is 2.09. The van der Waals surface area contributed by atoms with Gasteiger partial charge in [-0.1, -0.05) is 12.1 Å². The van der Waals surface area contributed by atoms with E-state index in [4.69, 9.17) is 14.2 Å². The number of fused-ring (bicyclic) bond motifs is 2. The number of ether oxygens (including phenoxy) is 3. The molecule has 1 amide bonds. The van der Waals surface area contributed by atoms with Crippen LogP contribution in [0, 0.1) is 5.92 Å². The van der Waals surface area contributed by atoms with Crippen LogP contribution in [-0.2, 0) is 29.0 Å². The van der Waals surface area contributed by atoms with E-state index >= 15 is 0 Å². The number of aryl methyl sites for hydroxylation is 1. The number of carbonyl (C=O) groups is 2. The maximum Gasteiger partial charge on any atom is 0.358 e. The lowest BCUT2D eigenvalue weighted by Crippen LogP contribution is -2.40. The molecule has 8 heteroatoms. The van der Waals surface area contributed by atoms with Gasteiger partial charge < -0.3 is 19.1 Å². The maximum atomic E-state index is 13.2. The smallest absolute Gasteiger partial charge is 0.358 e. The van der Waals surface area contributed by atoms with E-state index in [9.17, 15) is 9.59 Å². The lowest BCUT2D eigenvalue weighted by molar-refractivity contribution is -0.137. The summed E-state index contributed by atoms with van der Waals surface area (Å²) < 4.78 is 17.7. The second kappa shape index (κ2) is 7.53. The Morgan fingerprint density at radius 3 is 2.89 bits per heavy atom. The number of aromatic nitrogens is 2. The summed E-state index contributed by atoms with van der Waals surface area (Å²) in [4.78, 5) is 26.7. The first kappa shape index (κ1) is 18.3. The maximum absolute atomic E-state index is 13.2. The van der Waals surface area contributed by atoms with Gasteiger partial charge >= 0.3 is 5.97 Å². The zero-order chi connectivity index (χ0) is 19.7. The number of carbonyl (C=O) groups excluding carboxylic acids is 2. The average molecular weight is 385 g/mol. The molecule has 0 saturated heterocycles. The van der Waals surface area contributed by atoms with Crippen molar-refractivity contribution in [2.24, 2.45) is 5.92 Å². The Balaban J connectivity index is 1.50. The van der Waals surface area contributed by atoms with Crippen LogP contribution in [0.4, 0.5) is 0 Å². The molecule has 1 aromatic heterocycles. The zero-order valence-electron chi connectivity index (χ0n) is 16.0. The van der Waals surface area contributed by atoms with E-state index in [1.54, 1.807) is 17.9 Å². The third kappa shape index (κ3) is 3.30. The third-order valence-corrected chi connectivity index (χ3v) is 5.25. The van der Waals surface area contributed by atoms with Crippen molar-refractivity contribution in [3.63, 3.8) is 0 Å². The number of amides is 1. The van der Waals surface area contributed by atoms with E-state index in [0.29, 0.717) is 38.4 Å². The van der Waals surface area contributed by atoms with Crippen LogP contribution in [0.1, 0.15) is 28.2 Å². The first-order valence-corrected chi connectivity index (χ1v) is 9.33. The second-order valence-corrected chi connectivity index (χ2v) is 7.01. The van der Waals surface area contributed by atoms with Gasteiger partial charge in [-0.3, -0.25) is 9.48 Å². The van der Waals surface area contributed by atoms with Crippen molar-refractivity contribution in [3.05, 3.63) is 41.2 Å². The van der Waals surface area contributed by atoms with Crippen LogP contribution in [0.3, 0.4) is 0 Å². The normalized spacial score (nSPS) is 18.4. The van der Waals surface area contributed by atoms with Gasteiger partial charge in [0.25, 0.3) is 0 Å². The number of hydrogen-bond acceptors (Lipinski definition) is 6. The fourth-order valence-corrected chi connectivity index (χ4v) is 3.83. The molecule has 3 heterocycles. The quantitative estimate of drug-likeness (QED) is 0.748. The van der Waals surface area contributed by atoms with Crippen LogP contribution < -0.4 is 9.47 Å². The van der Waals surface area contributed by atoms with Crippen LogP contribution in [-0.4, -0.2) is 53.9 Å². The molecule has 0 bridgehead atoms. The molecular weight excluding hydrogens is 362 g/mol. The van der Waals surface area contributed by atoms with Gasteiger partial charge in [-0.25, -0.2) is 4.79 Å². The van der Waals surface area contributed by atoms with Crippen molar-refractivity contribution in [2.45, 2.75) is 25.9 Å². The predicted octanol–water partition coefficient (Wildman–Crippen LogP) is 1.66. The van der Waals surface area contributed by atoms with Gasteiger partial charge in [-0.2, -0.15) is 5.10 Å². The summed E-state index contributed by atoms with van der Waals surface area (Å²) >= 11 is 0. The number of methoxy groups -OCH3 is 2. The Hall–Kier alpha value is -3.03. The van der Waals surface area contributed by atoms with Gasteiger partial charge in [0, 0.05) is 13.1 Å². The molecule has 0 unspecified atom stereocenters. The molecule has 28 heavy (non-hydrogen) atoms. The van der Waals surface area contributed by atoms with Crippen LogP contribution in [0.2, 0.25) is 0 Å². The van der Waals surface area contributed by atoms with Crippen LogP contribution >= 0.6 is 0 Å². The number of para-hydroxylation sites is 1. The lowest BCUT2D eigenvalue weighted by atomic mass is 9.95. The van der Waals surface area contributed by atoms with Crippen molar-refractivity contribution in [3.8, 4) is 11.5 Å². The fourth-order valence-electron chi connectivity index (χ4n) is 3.83. The Labute approximate surface area is 163 Å². The Bertz CT molecular complexity index is 907. The minimum atomic E-state index is -0.468. The summed E-state index contributed by atoms with van der Waals surface area (Å²) in [6.07, 6.45) is 1.40. The Kier molecular flexibility index (Phi) is 4.93. The molecule has 0 fully saturated rings. The molecule has 148 valence electrons. The molecule has 4 rings (SSSR count). The van der Waals surface area contributed by atoms with Gasteiger partial charge in [0.05, 0.1) is 32.4 Å². The minimum Gasteiger partial charge on any atom is -0.493 e. The summed E-state index contributed by atoms with van der Waals surface area (Å²) in [6.45, 7) is 2.06. The first-order chi connectivity index (χ1) is 13.6. The summed E-state index contributed by atoms with van der Waals surface area (Å²) in [6, 6.07) is 7.44. The van der Waals surface area contributed by atoms with Crippen LogP contribution in [0.15, 0.2) is 24.3 Å². The van der Waals surface area contributed by atoms with E-state index < -0.39 is 5.97 Å². The van der Waals surface area contributed by atoms with Crippen molar-refractivity contribution in [2.75, 3.05) is 27.4 Å². The number of esters is 1. The van der Waals surface area contributed by atoms with Gasteiger partial charge in [-0.15, -0.1) is 0 Å². The Morgan fingerprint density at radius 2 is 2.11 bits per heavy atom. The van der Waals surface area contributed by atoms with E-state index in [1.165, 1.54) is 7.11 Å². The minimum absolute atomic E-state index is 0.0581. The molecule has 0 saturated carbocycles. The highest BCUT2D eigenvalue weighted by molar-refractivity contribution is 5.87. The number of benzene rings is 1. The highest BCUT2D eigenvalue weighted by Gasteiger charge is 2.32. The highest BCUT2D eigenvalue weighted by Crippen LogP contribution is 2.36. The molecule has 2 aliphatic heterocycles. The Morgan fingerprint density at radius 1 is 1.25 bits per heavy atom. The van der Waals surface area contributed by atoms with Crippen LogP contribution in [0.5, 0.6) is 11.5 Å². The van der Waals surface area contributed by atoms with E-state index in [1.807, 2.05) is 23.1 Å². The number of nitrogens with zero attached hydrogens (tertiary/aromatic N) is 3. The molecular formula is C20H23N3O5. The molecule has 0 radical (unpaired) electrons.